The van der Waals surface area contributed by atoms with Gasteiger partial charge in [-0.1, -0.05) is 83.8 Å². The van der Waals surface area contributed by atoms with E-state index in [1.54, 1.807) is 25.7 Å². The van der Waals surface area contributed by atoms with Gasteiger partial charge in [0.05, 0.1) is 0 Å². The van der Waals surface area contributed by atoms with Crippen LogP contribution in [0.25, 0.3) is 0 Å². The van der Waals surface area contributed by atoms with E-state index in [9.17, 15) is 14.4 Å². The second-order valence-electron chi connectivity index (χ2n) is 12.8. The van der Waals surface area contributed by atoms with Crippen molar-refractivity contribution in [2.45, 2.75) is 136 Å². The Morgan fingerprint density at radius 3 is 2.22 bits per heavy atom. The molecule has 0 bridgehead atoms. The Labute approximate surface area is 248 Å². The molecule has 0 spiro atoms. The average Bonchev–Trinajstić information content (AvgIpc) is 2.91. The van der Waals surface area contributed by atoms with Gasteiger partial charge in [0.1, 0.15) is 17.7 Å². The number of nitrogens with one attached hydrogen (secondary N) is 2. The van der Waals surface area contributed by atoms with Crippen molar-refractivity contribution in [3.05, 3.63) is 35.4 Å². The molecule has 0 saturated heterocycles. The Bertz CT molecular complexity index is 1000. The molecule has 1 saturated carbocycles. The molecule has 1 aromatic carbocycles. The molecule has 0 radical (unpaired) electrons. The Balaban J connectivity index is 2.47. The zero-order valence-electron chi connectivity index (χ0n) is 26.3. The van der Waals surface area contributed by atoms with E-state index in [2.05, 4.69) is 23.5 Å². The number of ether oxygens (including phenoxy) is 1. The van der Waals surface area contributed by atoms with Gasteiger partial charge >= 0.3 is 6.09 Å². The third-order valence-corrected chi connectivity index (χ3v) is 7.39. The number of hydrogen-bond donors (Lipinski definition) is 2. The quantitative estimate of drug-likeness (QED) is 0.189. The lowest BCUT2D eigenvalue weighted by Crippen LogP contribution is -2.54. The molecule has 7 heteroatoms. The van der Waals surface area contributed by atoms with Crippen LogP contribution in [-0.2, 0) is 14.3 Å². The molecule has 228 valence electrons. The van der Waals surface area contributed by atoms with E-state index in [-0.39, 0.29) is 23.8 Å². The lowest BCUT2D eigenvalue weighted by atomic mass is 9.94. The molecule has 2 rings (SSSR count). The number of carbonyl (C=O) groups excluding carboxylic acids is 3. The zero-order chi connectivity index (χ0) is 30.4. The fourth-order valence-electron chi connectivity index (χ4n) is 5.36. The molecular weight excluding hydrogens is 514 g/mol. The third-order valence-electron chi connectivity index (χ3n) is 7.39. The van der Waals surface area contributed by atoms with Crippen LogP contribution in [0.5, 0.6) is 0 Å². The van der Waals surface area contributed by atoms with E-state index >= 15 is 0 Å². The summed E-state index contributed by atoms with van der Waals surface area (Å²) in [4.78, 5) is 42.9. The number of carbonyl (C=O) groups is 3. The van der Waals surface area contributed by atoms with Crippen molar-refractivity contribution in [1.29, 1.82) is 0 Å². The minimum absolute atomic E-state index is 0.0941. The van der Waals surface area contributed by atoms with Crippen molar-refractivity contribution in [1.82, 2.24) is 15.5 Å². The van der Waals surface area contributed by atoms with Crippen LogP contribution in [0.4, 0.5) is 4.79 Å². The maximum Gasteiger partial charge on any atom is 0.408 e. The van der Waals surface area contributed by atoms with Crippen molar-refractivity contribution < 1.29 is 19.1 Å². The third kappa shape index (κ3) is 12.2. The first kappa shape index (κ1) is 34.2. The molecule has 2 unspecified atom stereocenters. The molecule has 1 aliphatic carbocycles. The fraction of sp³-hybridized carbons (Fsp3) is 0.676. The number of hydrogen-bond acceptors (Lipinski definition) is 4. The van der Waals surface area contributed by atoms with Crippen LogP contribution in [0.2, 0.25) is 0 Å². The van der Waals surface area contributed by atoms with Gasteiger partial charge in [0.2, 0.25) is 11.8 Å². The highest BCUT2D eigenvalue weighted by Crippen LogP contribution is 2.27. The average molecular weight is 568 g/mol. The summed E-state index contributed by atoms with van der Waals surface area (Å²) in [6.07, 6.45) is 15.7. The predicted octanol–water partition coefficient (Wildman–Crippen LogP) is 6.90. The maximum absolute atomic E-state index is 14.4. The lowest BCUT2D eigenvalue weighted by Gasteiger charge is -2.36. The number of unbranched alkanes of at least 4 members (excludes halogenated alkanes) is 4. The molecule has 0 heterocycles. The van der Waals surface area contributed by atoms with E-state index in [1.165, 1.54) is 6.42 Å². The minimum Gasteiger partial charge on any atom is -0.444 e. The first-order valence-electron chi connectivity index (χ1n) is 15.6. The van der Waals surface area contributed by atoms with Crippen molar-refractivity contribution >= 4 is 17.9 Å². The Kier molecular flexibility index (Phi) is 14.2. The van der Waals surface area contributed by atoms with Gasteiger partial charge in [0, 0.05) is 18.2 Å². The van der Waals surface area contributed by atoms with Gasteiger partial charge in [-0.05, 0) is 70.1 Å². The van der Waals surface area contributed by atoms with Crippen molar-refractivity contribution in [3.63, 3.8) is 0 Å². The summed E-state index contributed by atoms with van der Waals surface area (Å²) in [5.74, 6) is 2.30. The number of benzene rings is 1. The van der Waals surface area contributed by atoms with Crippen LogP contribution in [0.3, 0.4) is 0 Å². The van der Waals surface area contributed by atoms with Crippen LogP contribution >= 0.6 is 0 Å². The molecule has 0 aromatic heterocycles. The zero-order valence-corrected chi connectivity index (χ0v) is 26.3. The number of amides is 3. The van der Waals surface area contributed by atoms with Crippen molar-refractivity contribution in [2.75, 3.05) is 6.54 Å². The molecule has 2 N–H and O–H groups in total. The minimum atomic E-state index is -0.836. The Morgan fingerprint density at radius 2 is 1.66 bits per heavy atom. The van der Waals surface area contributed by atoms with Gasteiger partial charge in [-0.15, -0.1) is 6.42 Å². The summed E-state index contributed by atoms with van der Waals surface area (Å²) in [6.45, 7) is 12.0. The molecular formula is C34H53N3O4. The highest BCUT2D eigenvalue weighted by molar-refractivity contribution is 5.92. The number of nitrogens with zero attached hydrogens (tertiary/aromatic N) is 1. The van der Waals surface area contributed by atoms with Crippen molar-refractivity contribution in [3.8, 4) is 12.3 Å². The summed E-state index contributed by atoms with van der Waals surface area (Å²) in [5, 5.41) is 6.09. The van der Waals surface area contributed by atoms with Crippen LogP contribution in [0.1, 0.15) is 129 Å². The summed E-state index contributed by atoms with van der Waals surface area (Å²) >= 11 is 0. The van der Waals surface area contributed by atoms with Crippen LogP contribution in [0.15, 0.2) is 24.3 Å². The molecule has 1 fully saturated rings. The van der Waals surface area contributed by atoms with E-state index in [1.807, 2.05) is 38.1 Å². The van der Waals surface area contributed by atoms with Gasteiger partial charge in [0.25, 0.3) is 0 Å². The van der Waals surface area contributed by atoms with E-state index < -0.39 is 23.8 Å². The largest absolute Gasteiger partial charge is 0.444 e. The van der Waals surface area contributed by atoms with E-state index in [0.29, 0.717) is 24.1 Å². The normalized spacial score (nSPS) is 15.5. The molecule has 2 atom stereocenters. The summed E-state index contributed by atoms with van der Waals surface area (Å²) in [5.41, 5.74) is 0.719. The topological polar surface area (TPSA) is 87.7 Å². The highest BCUT2D eigenvalue weighted by atomic mass is 16.6. The first-order valence-corrected chi connectivity index (χ1v) is 15.6. The van der Waals surface area contributed by atoms with Gasteiger partial charge < -0.3 is 20.3 Å². The van der Waals surface area contributed by atoms with Gasteiger partial charge in [-0.3, -0.25) is 9.59 Å². The second kappa shape index (κ2) is 17.1. The summed E-state index contributed by atoms with van der Waals surface area (Å²) in [7, 11) is 0. The molecule has 1 aromatic rings. The summed E-state index contributed by atoms with van der Waals surface area (Å²) < 4.78 is 5.50. The molecule has 7 nitrogen and oxygen atoms in total. The lowest BCUT2D eigenvalue weighted by molar-refractivity contribution is -0.143. The number of alkyl carbamates (subject to hydrolysis) is 1. The molecule has 0 aliphatic heterocycles. The van der Waals surface area contributed by atoms with Crippen LogP contribution in [0, 0.1) is 18.3 Å². The smallest absolute Gasteiger partial charge is 0.408 e. The van der Waals surface area contributed by atoms with Crippen LogP contribution < -0.4 is 10.6 Å². The number of rotatable bonds is 14. The SMILES string of the molecule is C#Cc1ccc(C(C(=O)NC2CCCCC2)N(CCCCCCC)C(=O)C(CC(C)C)NC(=O)OC(C)(C)C)cc1. The van der Waals surface area contributed by atoms with Gasteiger partial charge in [-0.2, -0.15) is 0 Å². The second-order valence-corrected chi connectivity index (χ2v) is 12.8. The van der Waals surface area contributed by atoms with Gasteiger partial charge in [0.15, 0.2) is 0 Å². The molecule has 3 amide bonds. The monoisotopic (exact) mass is 567 g/mol. The Morgan fingerprint density at radius 1 is 1.02 bits per heavy atom. The number of terminal acetylenes is 1. The predicted molar refractivity (Wildman–Crippen MR) is 165 cm³/mol. The summed E-state index contributed by atoms with van der Waals surface area (Å²) in [6, 6.07) is 5.74. The maximum atomic E-state index is 14.4. The standard InChI is InChI=1S/C34H53N3O4/c1-8-10-11-12-16-23-37(32(39)29(24-25(3)4)36-33(40)41-34(5,6)7)30(27-21-19-26(9-2)20-22-27)31(38)35-28-17-14-13-15-18-28/h2,19-22,25,28-30H,8,10-18,23-24H2,1,3-7H3,(H,35,38)(H,36,40). The Hall–Kier alpha value is -3.01. The fourth-order valence-corrected chi connectivity index (χ4v) is 5.36. The first-order chi connectivity index (χ1) is 19.4. The van der Waals surface area contributed by atoms with E-state index in [4.69, 9.17) is 11.2 Å². The van der Waals surface area contributed by atoms with Crippen LogP contribution in [-0.4, -0.2) is 47.0 Å². The van der Waals surface area contributed by atoms with Crippen molar-refractivity contribution in [2.24, 2.45) is 5.92 Å². The molecule has 41 heavy (non-hydrogen) atoms. The van der Waals surface area contributed by atoms with E-state index in [0.717, 1.165) is 57.8 Å². The molecule has 1 aliphatic rings. The highest BCUT2D eigenvalue weighted by Gasteiger charge is 2.37. The van der Waals surface area contributed by atoms with Gasteiger partial charge in [-0.25, -0.2) is 4.79 Å².